The molecule has 1 aromatic carbocycles. The first kappa shape index (κ1) is 14.4. The van der Waals surface area contributed by atoms with Crippen LogP contribution in [0.4, 0.5) is 5.69 Å². The predicted molar refractivity (Wildman–Crippen MR) is 83.6 cm³/mol. The number of carbonyl (C=O) groups excluding carboxylic acids is 1. The van der Waals surface area contributed by atoms with E-state index in [2.05, 4.69) is 17.6 Å². The molecule has 0 radical (unpaired) electrons. The minimum Gasteiger partial charge on any atom is -0.388 e. The zero-order chi connectivity index (χ0) is 14.9. The lowest BCUT2D eigenvalue weighted by Crippen LogP contribution is -2.45. The molecule has 3 rings (SSSR count). The number of benzene rings is 1. The molecule has 0 saturated heterocycles. The molecule has 2 unspecified atom stereocenters. The van der Waals surface area contributed by atoms with Crippen molar-refractivity contribution in [1.82, 2.24) is 5.32 Å². The van der Waals surface area contributed by atoms with E-state index in [1.54, 1.807) is 0 Å². The van der Waals surface area contributed by atoms with Crippen LogP contribution < -0.4 is 10.6 Å². The normalized spacial score (nSPS) is 27.8. The van der Waals surface area contributed by atoms with E-state index in [9.17, 15) is 9.90 Å². The fraction of sp³-hybridized carbons (Fsp3) is 0.588. The Hall–Kier alpha value is -1.55. The molecule has 3 N–H and O–H groups in total. The van der Waals surface area contributed by atoms with Crippen LogP contribution in [0.25, 0.3) is 0 Å². The van der Waals surface area contributed by atoms with Gasteiger partial charge in [0.2, 0.25) is 0 Å². The Morgan fingerprint density at radius 3 is 3.19 bits per heavy atom. The molecule has 4 nitrogen and oxygen atoms in total. The molecule has 1 aromatic rings. The number of amides is 1. The molecule has 1 heterocycles. The standard InChI is InChI=1S/C17H24N2O2/c1-12-3-2-7-17(21,10-12)11-19-16(20)14-5-4-13-6-8-18-15(13)9-14/h4-5,9,12,18,21H,2-3,6-8,10-11H2,1H3,(H,19,20). The molecule has 4 heteroatoms. The number of hydrogen-bond acceptors (Lipinski definition) is 3. The van der Waals surface area contributed by atoms with E-state index in [1.807, 2.05) is 18.2 Å². The van der Waals surface area contributed by atoms with Gasteiger partial charge in [0.25, 0.3) is 5.91 Å². The summed E-state index contributed by atoms with van der Waals surface area (Å²) in [7, 11) is 0. The molecule has 1 aliphatic carbocycles. The first-order valence-electron chi connectivity index (χ1n) is 7.93. The summed E-state index contributed by atoms with van der Waals surface area (Å²) in [5.41, 5.74) is 2.26. The summed E-state index contributed by atoms with van der Waals surface area (Å²) in [6.07, 6.45) is 4.79. The van der Waals surface area contributed by atoms with Gasteiger partial charge in [-0.1, -0.05) is 25.8 Å². The summed E-state index contributed by atoms with van der Waals surface area (Å²) in [4.78, 5) is 12.3. The van der Waals surface area contributed by atoms with Crippen molar-refractivity contribution in [1.29, 1.82) is 0 Å². The molecule has 21 heavy (non-hydrogen) atoms. The summed E-state index contributed by atoms with van der Waals surface area (Å²) in [6.45, 7) is 3.46. The van der Waals surface area contributed by atoms with E-state index < -0.39 is 5.60 Å². The molecule has 114 valence electrons. The van der Waals surface area contributed by atoms with Crippen LogP contribution in [-0.2, 0) is 6.42 Å². The van der Waals surface area contributed by atoms with Gasteiger partial charge < -0.3 is 15.7 Å². The highest BCUT2D eigenvalue weighted by Crippen LogP contribution is 2.31. The molecule has 1 amide bonds. The summed E-state index contributed by atoms with van der Waals surface area (Å²) in [6, 6.07) is 5.79. The van der Waals surface area contributed by atoms with Crippen LogP contribution in [0.5, 0.6) is 0 Å². The van der Waals surface area contributed by atoms with E-state index in [0.717, 1.165) is 37.9 Å². The number of hydrogen-bond donors (Lipinski definition) is 3. The summed E-state index contributed by atoms with van der Waals surface area (Å²) in [5, 5.41) is 16.8. The Bertz CT molecular complexity index is 544. The lowest BCUT2D eigenvalue weighted by atomic mass is 9.79. The highest BCUT2D eigenvalue weighted by Gasteiger charge is 2.32. The highest BCUT2D eigenvalue weighted by atomic mass is 16.3. The number of aliphatic hydroxyl groups is 1. The minimum atomic E-state index is -0.734. The largest absolute Gasteiger partial charge is 0.388 e. The maximum absolute atomic E-state index is 12.3. The maximum Gasteiger partial charge on any atom is 0.251 e. The first-order valence-corrected chi connectivity index (χ1v) is 7.93. The van der Waals surface area contributed by atoms with Crippen molar-refractivity contribution in [2.45, 2.75) is 44.6 Å². The molecule has 2 aliphatic rings. The molecular weight excluding hydrogens is 264 g/mol. The van der Waals surface area contributed by atoms with Gasteiger partial charge in [0, 0.05) is 24.3 Å². The fourth-order valence-corrected chi connectivity index (χ4v) is 3.57. The maximum atomic E-state index is 12.3. The Kier molecular flexibility index (Phi) is 3.89. The van der Waals surface area contributed by atoms with Gasteiger partial charge in [-0.25, -0.2) is 0 Å². The zero-order valence-corrected chi connectivity index (χ0v) is 12.6. The van der Waals surface area contributed by atoms with Crippen molar-refractivity contribution in [2.24, 2.45) is 5.92 Å². The zero-order valence-electron chi connectivity index (χ0n) is 12.6. The molecule has 2 atom stereocenters. The van der Waals surface area contributed by atoms with Gasteiger partial charge >= 0.3 is 0 Å². The topological polar surface area (TPSA) is 61.4 Å². The van der Waals surface area contributed by atoms with Crippen molar-refractivity contribution < 1.29 is 9.90 Å². The predicted octanol–water partition coefficient (Wildman–Crippen LogP) is 2.33. The summed E-state index contributed by atoms with van der Waals surface area (Å²) < 4.78 is 0. The Morgan fingerprint density at radius 1 is 1.52 bits per heavy atom. The van der Waals surface area contributed by atoms with Crippen LogP contribution in [0.1, 0.15) is 48.5 Å². The van der Waals surface area contributed by atoms with E-state index in [-0.39, 0.29) is 5.91 Å². The first-order chi connectivity index (χ1) is 10.1. The van der Waals surface area contributed by atoms with Crippen LogP contribution in [0.3, 0.4) is 0 Å². The van der Waals surface area contributed by atoms with Crippen molar-refractivity contribution in [3.05, 3.63) is 29.3 Å². The van der Waals surface area contributed by atoms with Gasteiger partial charge in [-0.3, -0.25) is 4.79 Å². The molecule has 0 aromatic heterocycles. The van der Waals surface area contributed by atoms with Crippen LogP contribution in [-0.4, -0.2) is 29.7 Å². The molecule has 1 aliphatic heterocycles. The van der Waals surface area contributed by atoms with Crippen LogP contribution in [0.15, 0.2) is 18.2 Å². The second kappa shape index (κ2) is 5.68. The molecule has 1 fully saturated rings. The third kappa shape index (κ3) is 3.21. The molecule has 0 bridgehead atoms. The molecule has 0 spiro atoms. The number of fused-ring (bicyclic) bond motifs is 1. The quantitative estimate of drug-likeness (QED) is 0.800. The third-order valence-corrected chi connectivity index (χ3v) is 4.73. The van der Waals surface area contributed by atoms with E-state index in [4.69, 9.17) is 0 Å². The van der Waals surface area contributed by atoms with Crippen molar-refractivity contribution in [3.8, 4) is 0 Å². The van der Waals surface area contributed by atoms with Crippen LogP contribution in [0.2, 0.25) is 0 Å². The van der Waals surface area contributed by atoms with E-state index in [0.29, 0.717) is 18.0 Å². The monoisotopic (exact) mass is 288 g/mol. The second-order valence-electron chi connectivity index (χ2n) is 6.66. The van der Waals surface area contributed by atoms with Crippen LogP contribution >= 0.6 is 0 Å². The lowest BCUT2D eigenvalue weighted by Gasteiger charge is -2.35. The highest BCUT2D eigenvalue weighted by molar-refractivity contribution is 5.95. The summed E-state index contributed by atoms with van der Waals surface area (Å²) in [5.74, 6) is 0.433. The Balaban J connectivity index is 1.61. The van der Waals surface area contributed by atoms with Gasteiger partial charge in [-0.2, -0.15) is 0 Å². The second-order valence-corrected chi connectivity index (χ2v) is 6.66. The Labute approximate surface area is 125 Å². The third-order valence-electron chi connectivity index (χ3n) is 4.73. The van der Waals surface area contributed by atoms with Gasteiger partial charge in [0.05, 0.1) is 5.60 Å². The number of carbonyl (C=O) groups is 1. The van der Waals surface area contributed by atoms with Crippen LogP contribution in [0, 0.1) is 5.92 Å². The lowest BCUT2D eigenvalue weighted by molar-refractivity contribution is -0.0109. The van der Waals surface area contributed by atoms with Gasteiger partial charge in [0.1, 0.15) is 0 Å². The van der Waals surface area contributed by atoms with Crippen molar-refractivity contribution >= 4 is 11.6 Å². The average Bonchev–Trinajstić information content (AvgIpc) is 2.92. The minimum absolute atomic E-state index is 0.0989. The van der Waals surface area contributed by atoms with Crippen molar-refractivity contribution in [3.63, 3.8) is 0 Å². The smallest absolute Gasteiger partial charge is 0.251 e. The van der Waals surface area contributed by atoms with E-state index >= 15 is 0 Å². The Morgan fingerprint density at radius 2 is 2.38 bits per heavy atom. The van der Waals surface area contributed by atoms with Gasteiger partial charge in [0.15, 0.2) is 0 Å². The van der Waals surface area contributed by atoms with Gasteiger partial charge in [-0.05, 0) is 42.9 Å². The molecule has 1 saturated carbocycles. The SMILES string of the molecule is CC1CCCC(O)(CNC(=O)c2ccc3c(c2)NCC3)C1. The fourth-order valence-electron chi connectivity index (χ4n) is 3.57. The average molecular weight is 288 g/mol. The number of anilines is 1. The van der Waals surface area contributed by atoms with E-state index in [1.165, 1.54) is 12.0 Å². The summed E-state index contributed by atoms with van der Waals surface area (Å²) >= 11 is 0. The number of rotatable bonds is 3. The number of nitrogens with one attached hydrogen (secondary N) is 2. The van der Waals surface area contributed by atoms with Crippen molar-refractivity contribution in [2.75, 3.05) is 18.4 Å². The molecular formula is C17H24N2O2. The van der Waals surface area contributed by atoms with Gasteiger partial charge in [-0.15, -0.1) is 0 Å².